The molecule has 1 fully saturated rings. The van der Waals surface area contributed by atoms with E-state index in [4.69, 9.17) is 10.5 Å². The molecule has 2 aromatic carbocycles. The summed E-state index contributed by atoms with van der Waals surface area (Å²) in [5.41, 5.74) is 8.10. The van der Waals surface area contributed by atoms with E-state index in [0.717, 1.165) is 47.7 Å². The molecule has 4 N–H and O–H groups in total. The summed E-state index contributed by atoms with van der Waals surface area (Å²) in [5, 5.41) is 17.6. The van der Waals surface area contributed by atoms with Gasteiger partial charge in [0.25, 0.3) is 5.91 Å². The van der Waals surface area contributed by atoms with Crippen LogP contribution in [0.1, 0.15) is 43.1 Å². The summed E-state index contributed by atoms with van der Waals surface area (Å²) in [5.74, 6) is 0.654. The fourth-order valence-electron chi connectivity index (χ4n) is 4.79. The first kappa shape index (κ1) is 26.2. The number of aromatic nitrogens is 2. The van der Waals surface area contributed by atoms with Gasteiger partial charge in [-0.25, -0.2) is 9.97 Å². The molecule has 0 saturated heterocycles. The molecule has 1 aliphatic carbocycles. The standard InChI is InChI=1S/C28H35N7O2/c1-17(14-29)15-31-25-22-13-19(6-5-18(22)7-12-24(25)37-4)27-32-16-23(30)26(34-27)28(36)33-20-8-10-21(11-9-20)35(2)3/h5-7,12-13,16-17,20-21,31H,8-11,15,30H2,1-4H3,(H,33,36). The van der Waals surface area contributed by atoms with Crippen LogP contribution in [-0.4, -0.2) is 60.6 Å². The number of nitriles is 1. The normalized spacial score (nSPS) is 18.3. The molecule has 0 spiro atoms. The first-order valence-corrected chi connectivity index (χ1v) is 12.6. The topological polar surface area (TPSA) is 129 Å². The monoisotopic (exact) mass is 501 g/mol. The van der Waals surface area contributed by atoms with Crippen molar-refractivity contribution in [2.24, 2.45) is 5.92 Å². The number of amides is 1. The minimum Gasteiger partial charge on any atom is -0.495 e. The molecule has 1 unspecified atom stereocenters. The van der Waals surface area contributed by atoms with Crippen LogP contribution in [0.5, 0.6) is 5.75 Å². The predicted octanol–water partition coefficient (Wildman–Crippen LogP) is 4.06. The van der Waals surface area contributed by atoms with E-state index in [1.807, 2.05) is 37.3 Å². The summed E-state index contributed by atoms with van der Waals surface area (Å²) in [6.07, 6.45) is 5.45. The maximum Gasteiger partial charge on any atom is 0.272 e. The van der Waals surface area contributed by atoms with Crippen LogP contribution in [0.25, 0.3) is 22.2 Å². The van der Waals surface area contributed by atoms with E-state index in [1.165, 1.54) is 6.20 Å². The number of nitrogens with two attached hydrogens (primary N) is 1. The van der Waals surface area contributed by atoms with Gasteiger partial charge in [0.05, 0.1) is 36.7 Å². The van der Waals surface area contributed by atoms with Crippen molar-refractivity contribution in [3.8, 4) is 23.2 Å². The summed E-state index contributed by atoms with van der Waals surface area (Å²) >= 11 is 0. The molecule has 4 rings (SSSR count). The molecule has 9 nitrogen and oxygen atoms in total. The van der Waals surface area contributed by atoms with Crippen LogP contribution in [0.15, 0.2) is 36.5 Å². The molecule has 1 amide bonds. The van der Waals surface area contributed by atoms with Crippen molar-refractivity contribution >= 4 is 28.1 Å². The van der Waals surface area contributed by atoms with Crippen LogP contribution in [0.3, 0.4) is 0 Å². The Morgan fingerprint density at radius 2 is 1.97 bits per heavy atom. The lowest BCUT2D eigenvalue weighted by Crippen LogP contribution is -2.42. The van der Waals surface area contributed by atoms with Crippen molar-refractivity contribution in [3.05, 3.63) is 42.2 Å². The van der Waals surface area contributed by atoms with E-state index < -0.39 is 0 Å². The fraction of sp³-hybridized carbons (Fsp3) is 0.429. The van der Waals surface area contributed by atoms with Crippen molar-refractivity contribution in [2.75, 3.05) is 38.8 Å². The highest BCUT2D eigenvalue weighted by Gasteiger charge is 2.25. The molecule has 9 heteroatoms. The third-order valence-electron chi connectivity index (χ3n) is 7.06. The van der Waals surface area contributed by atoms with E-state index in [-0.39, 0.29) is 29.2 Å². The van der Waals surface area contributed by atoms with Gasteiger partial charge in [-0.05, 0) is 64.2 Å². The Morgan fingerprint density at radius 3 is 2.65 bits per heavy atom. The quantitative estimate of drug-likeness (QED) is 0.421. The molecule has 1 saturated carbocycles. The second kappa shape index (κ2) is 11.4. The van der Waals surface area contributed by atoms with Gasteiger partial charge in [0.15, 0.2) is 11.5 Å². The molecule has 0 radical (unpaired) electrons. The highest BCUT2D eigenvalue weighted by molar-refractivity contribution is 6.00. The number of nitrogen functional groups attached to an aromatic ring is 1. The van der Waals surface area contributed by atoms with Crippen molar-refractivity contribution in [3.63, 3.8) is 0 Å². The molecule has 3 aromatic rings. The number of ether oxygens (including phenoxy) is 1. The van der Waals surface area contributed by atoms with Crippen LogP contribution in [-0.2, 0) is 0 Å². The van der Waals surface area contributed by atoms with Gasteiger partial charge in [0.2, 0.25) is 0 Å². The molecule has 1 atom stereocenters. The highest BCUT2D eigenvalue weighted by atomic mass is 16.5. The molecular formula is C28H35N7O2. The number of carbonyl (C=O) groups excluding carboxylic acids is 1. The van der Waals surface area contributed by atoms with Gasteiger partial charge in [-0.3, -0.25) is 4.79 Å². The first-order chi connectivity index (χ1) is 17.8. The molecular weight excluding hydrogens is 466 g/mol. The predicted molar refractivity (Wildman–Crippen MR) is 146 cm³/mol. The van der Waals surface area contributed by atoms with Crippen molar-refractivity contribution in [2.45, 2.75) is 44.7 Å². The van der Waals surface area contributed by atoms with Gasteiger partial charge in [-0.1, -0.05) is 18.2 Å². The fourth-order valence-corrected chi connectivity index (χ4v) is 4.79. The molecule has 0 aliphatic heterocycles. The number of nitrogens with one attached hydrogen (secondary N) is 2. The Kier molecular flexibility index (Phi) is 8.09. The van der Waals surface area contributed by atoms with Gasteiger partial charge in [0, 0.05) is 29.6 Å². The zero-order valence-corrected chi connectivity index (χ0v) is 21.9. The number of nitrogens with zero attached hydrogens (tertiary/aromatic N) is 4. The number of carbonyl (C=O) groups is 1. The SMILES string of the molecule is COc1ccc2ccc(-c3ncc(N)c(C(=O)NC4CCC(N(C)C)CC4)n3)cc2c1NCC(C)C#N. The third kappa shape index (κ3) is 5.92. The van der Waals surface area contributed by atoms with Gasteiger partial charge >= 0.3 is 0 Å². The smallest absolute Gasteiger partial charge is 0.272 e. The minimum absolute atomic E-state index is 0.110. The average Bonchev–Trinajstić information content (AvgIpc) is 2.91. The Morgan fingerprint density at radius 1 is 1.24 bits per heavy atom. The van der Waals surface area contributed by atoms with Gasteiger partial charge in [-0.2, -0.15) is 5.26 Å². The number of benzene rings is 2. The second-order valence-electron chi connectivity index (χ2n) is 9.93. The summed E-state index contributed by atoms with van der Waals surface area (Å²) in [7, 11) is 5.81. The van der Waals surface area contributed by atoms with Crippen LogP contribution < -0.4 is 21.1 Å². The number of hydrogen-bond donors (Lipinski definition) is 3. The zero-order valence-electron chi connectivity index (χ0n) is 21.9. The van der Waals surface area contributed by atoms with Crippen molar-refractivity contribution in [1.29, 1.82) is 5.26 Å². The molecule has 1 aliphatic rings. The number of fused-ring (bicyclic) bond motifs is 1. The number of anilines is 2. The summed E-state index contributed by atoms with van der Waals surface area (Å²) < 4.78 is 5.57. The van der Waals surface area contributed by atoms with E-state index in [0.29, 0.717) is 24.2 Å². The van der Waals surface area contributed by atoms with E-state index in [2.05, 4.69) is 45.7 Å². The van der Waals surface area contributed by atoms with Crippen LogP contribution >= 0.6 is 0 Å². The van der Waals surface area contributed by atoms with Gasteiger partial charge < -0.3 is 26.0 Å². The highest BCUT2D eigenvalue weighted by Crippen LogP contribution is 2.35. The molecule has 0 bridgehead atoms. The Bertz CT molecular complexity index is 1310. The Balaban J connectivity index is 1.61. The van der Waals surface area contributed by atoms with E-state index in [9.17, 15) is 10.1 Å². The lowest BCUT2D eigenvalue weighted by molar-refractivity contribution is 0.0912. The van der Waals surface area contributed by atoms with Gasteiger partial charge in [-0.15, -0.1) is 0 Å². The largest absolute Gasteiger partial charge is 0.495 e. The zero-order chi connectivity index (χ0) is 26.5. The number of methoxy groups -OCH3 is 1. The van der Waals surface area contributed by atoms with E-state index in [1.54, 1.807) is 7.11 Å². The van der Waals surface area contributed by atoms with Crippen molar-refractivity contribution < 1.29 is 9.53 Å². The van der Waals surface area contributed by atoms with Crippen molar-refractivity contribution in [1.82, 2.24) is 20.2 Å². The third-order valence-corrected chi connectivity index (χ3v) is 7.06. The molecule has 1 heterocycles. The average molecular weight is 502 g/mol. The maximum absolute atomic E-state index is 13.1. The van der Waals surface area contributed by atoms with Crippen LogP contribution in [0.4, 0.5) is 11.4 Å². The van der Waals surface area contributed by atoms with Gasteiger partial charge in [0.1, 0.15) is 5.75 Å². The first-order valence-electron chi connectivity index (χ1n) is 12.6. The summed E-state index contributed by atoms with van der Waals surface area (Å²) in [6.45, 7) is 2.34. The maximum atomic E-state index is 13.1. The summed E-state index contributed by atoms with van der Waals surface area (Å²) in [4.78, 5) is 24.3. The summed E-state index contributed by atoms with van der Waals surface area (Å²) in [6, 6.07) is 12.6. The van der Waals surface area contributed by atoms with Crippen LogP contribution in [0.2, 0.25) is 0 Å². The molecule has 37 heavy (non-hydrogen) atoms. The number of hydrogen-bond acceptors (Lipinski definition) is 8. The molecule has 194 valence electrons. The lowest BCUT2D eigenvalue weighted by Gasteiger charge is -2.32. The second-order valence-corrected chi connectivity index (χ2v) is 9.93. The Labute approximate surface area is 218 Å². The minimum atomic E-state index is -0.273. The molecule has 1 aromatic heterocycles. The van der Waals surface area contributed by atoms with E-state index >= 15 is 0 Å². The lowest BCUT2D eigenvalue weighted by atomic mass is 9.90. The number of rotatable bonds is 8. The Hall–Kier alpha value is -3.90. The van der Waals surface area contributed by atoms with Crippen LogP contribution in [0, 0.1) is 17.2 Å².